The maximum atomic E-state index is 9.51. The van der Waals surface area contributed by atoms with Crippen LogP contribution in [0.5, 0.6) is 5.75 Å². The van der Waals surface area contributed by atoms with Gasteiger partial charge in [0.15, 0.2) is 0 Å². The minimum Gasteiger partial charge on any atom is -0.508 e. The van der Waals surface area contributed by atoms with Crippen molar-refractivity contribution in [1.82, 2.24) is 10.1 Å². The lowest BCUT2D eigenvalue weighted by molar-refractivity contribution is -0.0527. The Morgan fingerprint density at radius 2 is 2.05 bits per heavy atom. The van der Waals surface area contributed by atoms with Crippen molar-refractivity contribution < 1.29 is 14.4 Å². The Morgan fingerprint density at radius 1 is 1.25 bits per heavy atom. The quantitative estimate of drug-likeness (QED) is 0.930. The molecule has 0 radical (unpaired) electrons. The van der Waals surface area contributed by atoms with Gasteiger partial charge in [0, 0.05) is 12.7 Å². The third-order valence-electron chi connectivity index (χ3n) is 3.98. The average Bonchev–Trinajstić information content (AvgIpc) is 2.98. The predicted molar refractivity (Wildman–Crippen MR) is 73.2 cm³/mol. The summed E-state index contributed by atoms with van der Waals surface area (Å²) in [6, 6.07) is 6.80. The molecule has 2 aromatic rings. The molecule has 0 saturated heterocycles. The maximum Gasteiger partial charge on any atom is 0.258 e. The van der Waals surface area contributed by atoms with Crippen LogP contribution in [0, 0.1) is 0 Å². The van der Waals surface area contributed by atoms with Gasteiger partial charge in [0.25, 0.3) is 5.89 Å². The van der Waals surface area contributed by atoms with E-state index in [0.717, 1.165) is 25.7 Å². The molecular formula is C15H18N2O3. The molecule has 1 N–H and O–H groups in total. The van der Waals surface area contributed by atoms with Crippen LogP contribution in [-0.4, -0.2) is 22.4 Å². The Balaban J connectivity index is 1.93. The van der Waals surface area contributed by atoms with Crippen LogP contribution in [0.3, 0.4) is 0 Å². The number of benzene rings is 1. The van der Waals surface area contributed by atoms with Gasteiger partial charge in [-0.1, -0.05) is 30.5 Å². The Labute approximate surface area is 117 Å². The molecule has 106 valence electrons. The summed E-state index contributed by atoms with van der Waals surface area (Å²) in [5, 5.41) is 13.6. The number of nitrogens with zero attached hydrogens (tertiary/aromatic N) is 2. The highest BCUT2D eigenvalue weighted by Crippen LogP contribution is 2.39. The van der Waals surface area contributed by atoms with E-state index in [1.807, 2.05) is 6.07 Å². The molecule has 5 heteroatoms. The second-order valence-corrected chi connectivity index (χ2v) is 5.23. The Kier molecular flexibility index (Phi) is 3.44. The van der Waals surface area contributed by atoms with Crippen LogP contribution in [0.4, 0.5) is 0 Å². The van der Waals surface area contributed by atoms with Crippen molar-refractivity contribution >= 4 is 0 Å². The van der Waals surface area contributed by atoms with Gasteiger partial charge in [0.05, 0.1) is 0 Å². The molecule has 1 aliphatic carbocycles. The zero-order valence-corrected chi connectivity index (χ0v) is 11.5. The molecule has 1 fully saturated rings. The summed E-state index contributed by atoms with van der Waals surface area (Å²) in [7, 11) is 1.70. The second-order valence-electron chi connectivity index (χ2n) is 5.23. The first-order valence-electron chi connectivity index (χ1n) is 6.92. The minimum absolute atomic E-state index is 0.182. The van der Waals surface area contributed by atoms with Gasteiger partial charge < -0.3 is 14.4 Å². The first-order valence-corrected chi connectivity index (χ1v) is 6.92. The van der Waals surface area contributed by atoms with Crippen molar-refractivity contribution in [1.29, 1.82) is 0 Å². The standard InChI is InChI=1S/C15H18N2O3/c1-19-15(8-3-2-4-9-15)14-16-13(20-17-14)11-6-5-7-12(18)10-11/h5-7,10,18H,2-4,8-9H2,1H3. The number of hydrogen-bond acceptors (Lipinski definition) is 5. The molecule has 0 bridgehead atoms. The van der Waals surface area contributed by atoms with Crippen LogP contribution < -0.4 is 0 Å². The molecule has 0 spiro atoms. The third kappa shape index (κ3) is 2.29. The molecule has 1 aliphatic rings. The number of phenols is 1. The molecular weight excluding hydrogens is 256 g/mol. The van der Waals surface area contributed by atoms with Crippen molar-refractivity contribution in [3.8, 4) is 17.2 Å². The highest BCUT2D eigenvalue weighted by atomic mass is 16.5. The molecule has 1 aromatic heterocycles. The fourth-order valence-corrected chi connectivity index (χ4v) is 2.81. The highest BCUT2D eigenvalue weighted by molar-refractivity contribution is 5.55. The largest absolute Gasteiger partial charge is 0.508 e. The van der Waals surface area contributed by atoms with E-state index in [4.69, 9.17) is 9.26 Å². The zero-order valence-electron chi connectivity index (χ0n) is 11.5. The van der Waals surface area contributed by atoms with Crippen molar-refractivity contribution in [2.75, 3.05) is 7.11 Å². The van der Waals surface area contributed by atoms with Crippen LogP contribution in [0.15, 0.2) is 28.8 Å². The number of methoxy groups -OCH3 is 1. The first-order chi connectivity index (χ1) is 9.73. The van der Waals surface area contributed by atoms with E-state index in [0.29, 0.717) is 17.3 Å². The summed E-state index contributed by atoms with van der Waals surface area (Å²) < 4.78 is 11.0. The number of hydrogen-bond donors (Lipinski definition) is 1. The average molecular weight is 274 g/mol. The number of aromatic hydroxyl groups is 1. The van der Waals surface area contributed by atoms with E-state index in [1.165, 1.54) is 6.42 Å². The molecule has 0 amide bonds. The van der Waals surface area contributed by atoms with Gasteiger partial charge >= 0.3 is 0 Å². The zero-order chi connectivity index (χ0) is 14.0. The Bertz CT molecular complexity index is 588. The normalized spacial score (nSPS) is 18.1. The van der Waals surface area contributed by atoms with Crippen molar-refractivity contribution in [2.24, 2.45) is 0 Å². The molecule has 0 unspecified atom stereocenters. The van der Waals surface area contributed by atoms with Gasteiger partial charge in [0.2, 0.25) is 5.82 Å². The van der Waals surface area contributed by atoms with Crippen LogP contribution in [0.2, 0.25) is 0 Å². The number of rotatable bonds is 3. The number of aromatic nitrogens is 2. The third-order valence-corrected chi connectivity index (χ3v) is 3.98. The van der Waals surface area contributed by atoms with Crippen molar-refractivity contribution in [2.45, 2.75) is 37.7 Å². The number of ether oxygens (including phenoxy) is 1. The molecule has 0 aliphatic heterocycles. The van der Waals surface area contributed by atoms with E-state index in [-0.39, 0.29) is 5.75 Å². The van der Waals surface area contributed by atoms with E-state index in [9.17, 15) is 5.11 Å². The lowest BCUT2D eigenvalue weighted by atomic mass is 9.84. The van der Waals surface area contributed by atoms with Crippen LogP contribution in [-0.2, 0) is 10.3 Å². The maximum absolute atomic E-state index is 9.51. The first kappa shape index (κ1) is 13.1. The van der Waals surface area contributed by atoms with Crippen molar-refractivity contribution in [3.63, 3.8) is 0 Å². The smallest absolute Gasteiger partial charge is 0.258 e. The summed E-state index contributed by atoms with van der Waals surface area (Å²) >= 11 is 0. The summed E-state index contributed by atoms with van der Waals surface area (Å²) in [5.74, 6) is 1.21. The SMILES string of the molecule is COC1(c2noc(-c3cccc(O)c3)n2)CCCCC1. The summed E-state index contributed by atoms with van der Waals surface area (Å²) in [4.78, 5) is 4.47. The lowest BCUT2D eigenvalue weighted by Crippen LogP contribution is -2.32. The van der Waals surface area contributed by atoms with E-state index < -0.39 is 5.60 Å². The fourth-order valence-electron chi connectivity index (χ4n) is 2.81. The summed E-state index contributed by atoms with van der Waals surface area (Å²) in [6.45, 7) is 0. The van der Waals surface area contributed by atoms with Gasteiger partial charge in [-0.3, -0.25) is 0 Å². The minimum atomic E-state index is -0.420. The molecule has 1 saturated carbocycles. The lowest BCUT2D eigenvalue weighted by Gasteiger charge is -2.32. The molecule has 0 atom stereocenters. The van der Waals surface area contributed by atoms with E-state index in [1.54, 1.807) is 25.3 Å². The second kappa shape index (κ2) is 5.25. The van der Waals surface area contributed by atoms with Gasteiger partial charge in [-0.05, 0) is 31.0 Å². The van der Waals surface area contributed by atoms with Gasteiger partial charge in [-0.15, -0.1) is 0 Å². The Hall–Kier alpha value is -1.88. The molecule has 3 rings (SSSR count). The van der Waals surface area contributed by atoms with Crippen LogP contribution in [0.25, 0.3) is 11.5 Å². The summed E-state index contributed by atoms with van der Waals surface area (Å²) in [5.41, 5.74) is 0.294. The number of phenolic OH excluding ortho intramolecular Hbond substituents is 1. The summed E-state index contributed by atoms with van der Waals surface area (Å²) in [6.07, 6.45) is 5.29. The van der Waals surface area contributed by atoms with E-state index >= 15 is 0 Å². The van der Waals surface area contributed by atoms with Crippen LogP contribution >= 0.6 is 0 Å². The molecule has 20 heavy (non-hydrogen) atoms. The molecule has 5 nitrogen and oxygen atoms in total. The molecule has 1 heterocycles. The topological polar surface area (TPSA) is 68.4 Å². The van der Waals surface area contributed by atoms with Gasteiger partial charge in [-0.2, -0.15) is 4.98 Å². The fraction of sp³-hybridized carbons (Fsp3) is 0.467. The monoisotopic (exact) mass is 274 g/mol. The molecule has 1 aromatic carbocycles. The van der Waals surface area contributed by atoms with Crippen LogP contribution in [0.1, 0.15) is 37.9 Å². The highest BCUT2D eigenvalue weighted by Gasteiger charge is 2.38. The van der Waals surface area contributed by atoms with Crippen molar-refractivity contribution in [3.05, 3.63) is 30.1 Å². The van der Waals surface area contributed by atoms with E-state index in [2.05, 4.69) is 10.1 Å². The van der Waals surface area contributed by atoms with Gasteiger partial charge in [-0.25, -0.2) is 0 Å². The Morgan fingerprint density at radius 3 is 2.75 bits per heavy atom. The van der Waals surface area contributed by atoms with Gasteiger partial charge in [0.1, 0.15) is 11.4 Å². The predicted octanol–water partition coefficient (Wildman–Crippen LogP) is 3.25.